The molecule has 3 aliphatic rings. The molecule has 0 spiro atoms. The van der Waals surface area contributed by atoms with E-state index < -0.39 is 5.97 Å². The second kappa shape index (κ2) is 7.94. The van der Waals surface area contributed by atoms with Crippen molar-refractivity contribution in [3.05, 3.63) is 53.6 Å². The Morgan fingerprint density at radius 2 is 2.09 bits per heavy atom. The highest BCUT2D eigenvalue weighted by Crippen LogP contribution is 2.48. The van der Waals surface area contributed by atoms with E-state index in [4.69, 9.17) is 0 Å². The molecule has 0 unspecified atom stereocenters. The summed E-state index contributed by atoms with van der Waals surface area (Å²) in [7, 11) is 2.10. The predicted molar refractivity (Wildman–Crippen MR) is 131 cm³/mol. The van der Waals surface area contributed by atoms with Crippen LogP contribution in [0, 0.1) is 11.7 Å². The van der Waals surface area contributed by atoms with Crippen LogP contribution in [-0.2, 0) is 4.79 Å². The third-order valence-electron chi connectivity index (χ3n) is 8.09. The van der Waals surface area contributed by atoms with Crippen LogP contribution in [0.4, 0.5) is 10.1 Å². The van der Waals surface area contributed by atoms with Gasteiger partial charge in [0.15, 0.2) is 0 Å². The van der Waals surface area contributed by atoms with Crippen LogP contribution in [0.2, 0.25) is 0 Å². The van der Waals surface area contributed by atoms with Gasteiger partial charge < -0.3 is 15.0 Å². The minimum atomic E-state index is -0.670. The fourth-order valence-electron chi connectivity index (χ4n) is 6.15. The van der Waals surface area contributed by atoms with Crippen LogP contribution >= 0.6 is 0 Å². The van der Waals surface area contributed by atoms with Gasteiger partial charge in [0.25, 0.3) is 0 Å². The van der Waals surface area contributed by atoms with Crippen molar-refractivity contribution in [3.8, 4) is 11.1 Å². The van der Waals surface area contributed by atoms with E-state index in [0.717, 1.165) is 72.3 Å². The smallest absolute Gasteiger partial charge is 0.306 e. The molecule has 6 nitrogen and oxygen atoms in total. The van der Waals surface area contributed by atoms with Gasteiger partial charge in [0.1, 0.15) is 11.5 Å². The number of hydrogen-bond donors (Lipinski definition) is 2. The first-order valence-corrected chi connectivity index (χ1v) is 12.2. The molecule has 1 saturated carbocycles. The Labute approximate surface area is 198 Å². The molecule has 34 heavy (non-hydrogen) atoms. The van der Waals surface area contributed by atoms with E-state index in [1.165, 1.54) is 17.2 Å². The summed E-state index contributed by atoms with van der Waals surface area (Å²) >= 11 is 0. The maximum absolute atomic E-state index is 14.3. The number of pyridine rings is 1. The predicted octanol–water partition coefficient (Wildman–Crippen LogP) is 5.22. The summed E-state index contributed by atoms with van der Waals surface area (Å²) in [5, 5.41) is 10.3. The van der Waals surface area contributed by atoms with Crippen molar-refractivity contribution in [3.63, 3.8) is 0 Å². The van der Waals surface area contributed by atoms with Crippen LogP contribution in [0.5, 0.6) is 0 Å². The third kappa shape index (κ3) is 3.17. The average Bonchev–Trinajstić information content (AvgIpc) is 3.13. The van der Waals surface area contributed by atoms with E-state index in [2.05, 4.69) is 39.8 Å². The molecule has 2 aromatic heterocycles. The number of anilines is 1. The van der Waals surface area contributed by atoms with Gasteiger partial charge in [-0.05, 0) is 61.1 Å². The summed E-state index contributed by atoms with van der Waals surface area (Å²) in [5.74, 6) is -1.09. The van der Waals surface area contributed by atoms with Crippen molar-refractivity contribution in [1.29, 1.82) is 0 Å². The molecular weight excluding hydrogens is 431 g/mol. The standard InChI is InChI=1S/C27H29FN4O2/c1-3-21-24-23-19(20-14-17(28)4-5-22(20)31(21)2)6-9-29-26(23)30-25(24)15-7-10-32(11-8-15)18-12-16(13-18)27(33)34/h4-7,9,14,16,18,21H,3,8,10-13H2,1-2H3,(H,29,30)(H,33,34)/t16?,18?,21-/m0/s1. The lowest BCUT2D eigenvalue weighted by Crippen LogP contribution is -2.48. The molecule has 2 N–H and O–H groups in total. The number of carboxylic acids is 1. The SMILES string of the molecule is CC[C@H]1c2c(C3=CCN(C4CC(C(=O)O)C4)CC3)[nH]c3nccc(c23)-c2cc(F)ccc2N1C. The molecule has 1 aromatic carbocycles. The van der Waals surface area contributed by atoms with Crippen molar-refractivity contribution in [2.75, 3.05) is 25.0 Å². The van der Waals surface area contributed by atoms with Crippen LogP contribution < -0.4 is 4.90 Å². The second-order valence-corrected chi connectivity index (χ2v) is 9.83. The summed E-state index contributed by atoms with van der Waals surface area (Å²) in [6, 6.07) is 7.57. The quantitative estimate of drug-likeness (QED) is 0.558. The fourth-order valence-corrected chi connectivity index (χ4v) is 6.15. The van der Waals surface area contributed by atoms with Crippen molar-refractivity contribution in [1.82, 2.24) is 14.9 Å². The van der Waals surface area contributed by atoms with Gasteiger partial charge in [-0.15, -0.1) is 0 Å². The normalized spacial score (nSPS) is 24.4. The summed E-state index contributed by atoms with van der Waals surface area (Å²) < 4.78 is 14.3. The highest BCUT2D eigenvalue weighted by atomic mass is 19.1. The van der Waals surface area contributed by atoms with E-state index in [1.807, 2.05) is 12.1 Å². The van der Waals surface area contributed by atoms with E-state index in [-0.39, 0.29) is 17.8 Å². The molecule has 0 amide bonds. The van der Waals surface area contributed by atoms with Crippen molar-refractivity contribution in [2.24, 2.45) is 5.92 Å². The molecule has 6 rings (SSSR count). The zero-order valence-electron chi connectivity index (χ0n) is 19.5. The molecule has 2 aliphatic heterocycles. The first-order chi connectivity index (χ1) is 16.5. The monoisotopic (exact) mass is 460 g/mol. The number of carbonyl (C=O) groups is 1. The van der Waals surface area contributed by atoms with Crippen molar-refractivity contribution < 1.29 is 14.3 Å². The van der Waals surface area contributed by atoms with Gasteiger partial charge in [0.2, 0.25) is 0 Å². The number of aliphatic carboxylic acids is 1. The van der Waals surface area contributed by atoms with E-state index in [9.17, 15) is 14.3 Å². The topological polar surface area (TPSA) is 72.5 Å². The van der Waals surface area contributed by atoms with Crippen LogP contribution in [0.25, 0.3) is 27.7 Å². The Bertz CT molecular complexity index is 1320. The molecule has 4 heterocycles. The average molecular weight is 461 g/mol. The number of hydrogen-bond acceptors (Lipinski definition) is 4. The molecule has 7 heteroatoms. The number of nitrogens with one attached hydrogen (secondary N) is 1. The molecule has 1 atom stereocenters. The Balaban J connectivity index is 1.42. The first-order valence-electron chi connectivity index (χ1n) is 12.2. The number of aromatic nitrogens is 2. The molecule has 0 radical (unpaired) electrons. The zero-order chi connectivity index (χ0) is 23.6. The minimum Gasteiger partial charge on any atom is -0.481 e. The number of fused-ring (bicyclic) bond motifs is 2. The molecule has 176 valence electrons. The summed E-state index contributed by atoms with van der Waals surface area (Å²) in [6.45, 7) is 3.95. The Hall–Kier alpha value is -3.19. The minimum absolute atomic E-state index is 0.139. The van der Waals surface area contributed by atoms with Crippen LogP contribution in [0.15, 0.2) is 36.5 Å². The summed E-state index contributed by atoms with van der Waals surface area (Å²) in [5.41, 5.74) is 7.47. The van der Waals surface area contributed by atoms with Gasteiger partial charge in [-0.25, -0.2) is 9.37 Å². The number of nitrogens with zero attached hydrogens (tertiary/aromatic N) is 3. The van der Waals surface area contributed by atoms with Gasteiger partial charge in [-0.3, -0.25) is 9.69 Å². The first kappa shape index (κ1) is 21.4. The van der Waals surface area contributed by atoms with E-state index in [0.29, 0.717) is 6.04 Å². The summed E-state index contributed by atoms with van der Waals surface area (Å²) in [4.78, 5) is 24.2. The number of carboxylic acid groups (broad SMARTS) is 1. The van der Waals surface area contributed by atoms with Gasteiger partial charge >= 0.3 is 5.97 Å². The highest BCUT2D eigenvalue weighted by Gasteiger charge is 2.39. The molecule has 0 saturated heterocycles. The van der Waals surface area contributed by atoms with Crippen LogP contribution in [0.1, 0.15) is 49.9 Å². The van der Waals surface area contributed by atoms with Gasteiger partial charge in [0.05, 0.1) is 12.0 Å². The number of H-pyrrole nitrogens is 1. The summed E-state index contributed by atoms with van der Waals surface area (Å²) in [6.07, 6.45) is 7.42. The Kier molecular flexibility index (Phi) is 4.99. The number of benzene rings is 1. The Morgan fingerprint density at radius 3 is 2.79 bits per heavy atom. The van der Waals surface area contributed by atoms with Crippen LogP contribution in [-0.4, -0.2) is 52.1 Å². The molecular formula is C27H29FN4O2. The van der Waals surface area contributed by atoms with Gasteiger partial charge in [-0.2, -0.15) is 0 Å². The maximum Gasteiger partial charge on any atom is 0.306 e. The van der Waals surface area contributed by atoms with Crippen molar-refractivity contribution >= 4 is 28.3 Å². The lowest BCUT2D eigenvalue weighted by Gasteiger charge is -2.42. The number of rotatable bonds is 4. The maximum atomic E-state index is 14.3. The van der Waals surface area contributed by atoms with E-state index in [1.54, 1.807) is 12.3 Å². The highest BCUT2D eigenvalue weighted by molar-refractivity contribution is 6.03. The third-order valence-corrected chi connectivity index (χ3v) is 8.09. The largest absolute Gasteiger partial charge is 0.481 e. The van der Waals surface area contributed by atoms with Crippen molar-refractivity contribution in [2.45, 2.75) is 44.7 Å². The molecule has 0 bridgehead atoms. The van der Waals surface area contributed by atoms with Gasteiger partial charge in [0, 0.05) is 60.3 Å². The lowest BCUT2D eigenvalue weighted by molar-refractivity contribution is -0.147. The zero-order valence-corrected chi connectivity index (χ0v) is 19.5. The Morgan fingerprint density at radius 1 is 1.26 bits per heavy atom. The molecule has 1 fully saturated rings. The second-order valence-electron chi connectivity index (χ2n) is 9.83. The van der Waals surface area contributed by atoms with E-state index >= 15 is 0 Å². The molecule has 1 aliphatic carbocycles. The fraction of sp³-hybridized carbons (Fsp3) is 0.407. The van der Waals surface area contributed by atoms with Gasteiger partial charge in [-0.1, -0.05) is 13.0 Å². The lowest BCUT2D eigenvalue weighted by atomic mass is 9.79. The molecule has 3 aromatic rings. The number of aromatic amines is 1. The number of halogens is 1. The van der Waals surface area contributed by atoms with Crippen LogP contribution in [0.3, 0.4) is 0 Å².